The van der Waals surface area contributed by atoms with E-state index in [0.29, 0.717) is 13.1 Å². The van der Waals surface area contributed by atoms with Crippen LogP contribution in [0.4, 0.5) is 0 Å². The molecule has 1 fully saturated rings. The maximum atomic E-state index is 12.3. The first-order valence-electron chi connectivity index (χ1n) is 6.27. The number of likely N-dealkylation sites (tertiary alicyclic amines) is 1. The van der Waals surface area contributed by atoms with Gasteiger partial charge in [0.05, 0.1) is 11.4 Å². The lowest BCUT2D eigenvalue weighted by Gasteiger charge is -2.21. The molecule has 2 rings (SSSR count). The molecule has 1 aromatic heterocycles. The van der Waals surface area contributed by atoms with Crippen molar-refractivity contribution in [3.8, 4) is 0 Å². The molecule has 1 aliphatic heterocycles. The number of sulfonamides is 1. The molecule has 0 bridgehead atoms. The zero-order chi connectivity index (χ0) is 14.8. The summed E-state index contributed by atoms with van der Waals surface area (Å²) < 4.78 is 25.6. The van der Waals surface area contributed by atoms with Crippen LogP contribution in [0.1, 0.15) is 12.8 Å². The molecule has 0 spiro atoms. The van der Waals surface area contributed by atoms with Crippen molar-refractivity contribution >= 4 is 27.5 Å². The Morgan fingerprint density at radius 2 is 2.10 bits per heavy atom. The van der Waals surface area contributed by atoms with Gasteiger partial charge in [0.15, 0.2) is 0 Å². The van der Waals surface area contributed by atoms with Crippen molar-refractivity contribution in [2.24, 2.45) is 0 Å². The van der Waals surface area contributed by atoms with Gasteiger partial charge in [-0.3, -0.25) is 4.79 Å². The van der Waals surface area contributed by atoms with Crippen LogP contribution in [0, 0.1) is 0 Å². The number of amides is 1. The molecule has 0 unspecified atom stereocenters. The van der Waals surface area contributed by atoms with Crippen molar-refractivity contribution in [3.05, 3.63) is 23.5 Å². The fraction of sp³-hybridized carbons (Fsp3) is 0.500. The summed E-state index contributed by atoms with van der Waals surface area (Å²) in [5.41, 5.74) is 0. The maximum Gasteiger partial charge on any atom is 0.243 e. The number of halogens is 1. The Balaban J connectivity index is 2.11. The number of hydrogen-bond donors (Lipinski definition) is 0. The van der Waals surface area contributed by atoms with E-state index in [2.05, 4.69) is 4.98 Å². The van der Waals surface area contributed by atoms with Gasteiger partial charge in [0.2, 0.25) is 15.9 Å². The lowest BCUT2D eigenvalue weighted by atomic mass is 10.4. The molecule has 1 aliphatic rings. The third-order valence-electron chi connectivity index (χ3n) is 3.22. The lowest BCUT2D eigenvalue weighted by molar-refractivity contribution is -0.130. The number of hydrogen-bond acceptors (Lipinski definition) is 4. The second-order valence-electron chi connectivity index (χ2n) is 4.66. The van der Waals surface area contributed by atoms with Crippen LogP contribution in [0.5, 0.6) is 0 Å². The summed E-state index contributed by atoms with van der Waals surface area (Å²) in [5, 5.41) is 0.102. The topological polar surface area (TPSA) is 70.6 Å². The van der Waals surface area contributed by atoms with Crippen LogP contribution in [0.2, 0.25) is 5.15 Å². The number of rotatable bonds is 4. The molecule has 1 amide bonds. The molecule has 0 atom stereocenters. The van der Waals surface area contributed by atoms with Crippen LogP contribution in [-0.2, 0) is 14.8 Å². The van der Waals surface area contributed by atoms with E-state index < -0.39 is 10.0 Å². The molecule has 0 radical (unpaired) electrons. The van der Waals surface area contributed by atoms with Crippen LogP contribution in [0.25, 0.3) is 0 Å². The first kappa shape index (κ1) is 15.2. The molecular weight excluding hydrogens is 302 g/mol. The third-order valence-corrected chi connectivity index (χ3v) is 5.23. The standard InChI is InChI=1S/C12H16ClN3O3S/c1-15(9-12(17)16-6-2-3-7-16)20(18,19)10-4-5-14-11(13)8-10/h4-5,8H,2-3,6-7,9H2,1H3. The zero-order valence-corrected chi connectivity index (χ0v) is 12.7. The lowest BCUT2D eigenvalue weighted by Crippen LogP contribution is -2.39. The quantitative estimate of drug-likeness (QED) is 0.776. The minimum Gasteiger partial charge on any atom is -0.342 e. The van der Waals surface area contributed by atoms with Crippen LogP contribution < -0.4 is 0 Å². The number of aromatic nitrogens is 1. The summed E-state index contributed by atoms with van der Waals surface area (Å²) in [7, 11) is -2.34. The van der Waals surface area contributed by atoms with Crippen LogP contribution in [0.15, 0.2) is 23.2 Å². The monoisotopic (exact) mass is 317 g/mol. The molecule has 0 saturated carbocycles. The van der Waals surface area contributed by atoms with Gasteiger partial charge in [0.25, 0.3) is 0 Å². The van der Waals surface area contributed by atoms with Crippen molar-refractivity contribution in [2.75, 3.05) is 26.7 Å². The Hall–Kier alpha value is -1.18. The number of carbonyl (C=O) groups is 1. The third kappa shape index (κ3) is 3.28. The number of pyridine rings is 1. The van der Waals surface area contributed by atoms with Crippen LogP contribution in [0.3, 0.4) is 0 Å². The van der Waals surface area contributed by atoms with Crippen LogP contribution in [-0.4, -0.2) is 55.2 Å². The highest BCUT2D eigenvalue weighted by Crippen LogP contribution is 2.17. The van der Waals surface area contributed by atoms with Gasteiger partial charge in [-0.05, 0) is 25.0 Å². The summed E-state index contributed by atoms with van der Waals surface area (Å²) in [6.45, 7) is 1.24. The van der Waals surface area contributed by atoms with E-state index in [9.17, 15) is 13.2 Å². The molecule has 0 N–H and O–H groups in total. The predicted molar refractivity (Wildman–Crippen MR) is 74.9 cm³/mol. The molecule has 1 aromatic rings. The van der Waals surface area contributed by atoms with E-state index >= 15 is 0 Å². The largest absolute Gasteiger partial charge is 0.342 e. The summed E-state index contributed by atoms with van der Waals surface area (Å²) in [4.78, 5) is 17.4. The Bertz CT molecular complexity index is 600. The first-order valence-corrected chi connectivity index (χ1v) is 8.09. The van der Waals surface area contributed by atoms with E-state index in [1.54, 1.807) is 4.90 Å². The summed E-state index contributed by atoms with van der Waals surface area (Å²) >= 11 is 5.70. The zero-order valence-electron chi connectivity index (χ0n) is 11.1. The van der Waals surface area contributed by atoms with Gasteiger partial charge < -0.3 is 4.90 Å². The van der Waals surface area contributed by atoms with E-state index in [0.717, 1.165) is 17.1 Å². The van der Waals surface area contributed by atoms with Gasteiger partial charge in [0.1, 0.15) is 5.15 Å². The summed E-state index contributed by atoms with van der Waals surface area (Å²) in [6.07, 6.45) is 3.27. The molecule has 6 nitrogen and oxygen atoms in total. The number of carbonyl (C=O) groups excluding carboxylic acids is 1. The molecular formula is C12H16ClN3O3S. The average Bonchev–Trinajstić information content (AvgIpc) is 2.92. The molecule has 8 heteroatoms. The maximum absolute atomic E-state index is 12.3. The highest BCUT2D eigenvalue weighted by Gasteiger charge is 2.26. The SMILES string of the molecule is CN(CC(=O)N1CCCC1)S(=O)(=O)c1ccnc(Cl)c1. The second kappa shape index (κ2) is 6.07. The Morgan fingerprint density at radius 3 is 2.70 bits per heavy atom. The van der Waals surface area contributed by atoms with E-state index in [-0.39, 0.29) is 22.5 Å². The molecule has 1 saturated heterocycles. The Labute approximate surface area is 123 Å². The van der Waals surface area contributed by atoms with E-state index in [4.69, 9.17) is 11.6 Å². The molecule has 0 aromatic carbocycles. The highest BCUT2D eigenvalue weighted by atomic mass is 35.5. The minimum absolute atomic E-state index is 0.0363. The fourth-order valence-corrected chi connectivity index (χ4v) is 3.44. The van der Waals surface area contributed by atoms with Gasteiger partial charge in [-0.2, -0.15) is 4.31 Å². The molecule has 20 heavy (non-hydrogen) atoms. The van der Waals surface area contributed by atoms with Gasteiger partial charge in [-0.1, -0.05) is 11.6 Å². The van der Waals surface area contributed by atoms with Gasteiger partial charge in [-0.25, -0.2) is 13.4 Å². The minimum atomic E-state index is -3.72. The second-order valence-corrected chi connectivity index (χ2v) is 7.10. The van der Waals surface area contributed by atoms with Crippen molar-refractivity contribution < 1.29 is 13.2 Å². The Morgan fingerprint density at radius 1 is 1.45 bits per heavy atom. The van der Waals surface area contributed by atoms with Crippen molar-refractivity contribution in [3.63, 3.8) is 0 Å². The van der Waals surface area contributed by atoms with E-state index in [1.165, 1.54) is 25.4 Å². The summed E-state index contributed by atoms with van der Waals surface area (Å²) in [5.74, 6) is -0.172. The van der Waals surface area contributed by atoms with Crippen molar-refractivity contribution in [1.82, 2.24) is 14.2 Å². The fourth-order valence-electron chi connectivity index (χ4n) is 2.07. The molecule has 0 aliphatic carbocycles. The average molecular weight is 318 g/mol. The van der Waals surface area contributed by atoms with Gasteiger partial charge in [0, 0.05) is 26.3 Å². The highest BCUT2D eigenvalue weighted by molar-refractivity contribution is 7.89. The smallest absolute Gasteiger partial charge is 0.243 e. The van der Waals surface area contributed by atoms with Crippen molar-refractivity contribution in [1.29, 1.82) is 0 Å². The van der Waals surface area contributed by atoms with E-state index in [1.807, 2.05) is 0 Å². The molecule has 2 heterocycles. The normalized spacial score (nSPS) is 15.8. The predicted octanol–water partition coefficient (Wildman–Crippen LogP) is 0.978. The summed E-state index contributed by atoms with van der Waals surface area (Å²) in [6, 6.07) is 2.63. The number of likely N-dealkylation sites (N-methyl/N-ethyl adjacent to an activating group) is 1. The molecule has 110 valence electrons. The van der Waals surface area contributed by atoms with Crippen LogP contribution >= 0.6 is 11.6 Å². The number of nitrogens with zero attached hydrogens (tertiary/aromatic N) is 3. The van der Waals surface area contributed by atoms with Gasteiger partial charge >= 0.3 is 0 Å². The Kier molecular flexibility index (Phi) is 4.62. The van der Waals surface area contributed by atoms with Crippen molar-refractivity contribution in [2.45, 2.75) is 17.7 Å². The first-order chi connectivity index (χ1) is 9.41. The van der Waals surface area contributed by atoms with Gasteiger partial charge in [-0.15, -0.1) is 0 Å².